The Morgan fingerprint density at radius 3 is 2.11 bits per heavy atom. The van der Waals surface area contributed by atoms with Gasteiger partial charge in [0.05, 0.1) is 53.0 Å². The quantitative estimate of drug-likeness (QED) is 0.413. The molecule has 8 nitrogen and oxygen atoms in total. The van der Waals surface area contributed by atoms with Crippen LogP contribution in [-0.4, -0.2) is 41.3 Å². The average Bonchev–Trinajstić information content (AvgIpc) is 3.12. The van der Waals surface area contributed by atoms with E-state index in [9.17, 15) is 4.79 Å². The maximum atomic E-state index is 14.0. The molecule has 1 aliphatic heterocycles. The minimum atomic E-state index is -0.475. The van der Waals surface area contributed by atoms with Crippen LogP contribution in [0.5, 0.6) is 28.7 Å². The van der Waals surface area contributed by atoms with Crippen molar-refractivity contribution in [2.45, 2.75) is 24.8 Å². The van der Waals surface area contributed by atoms with Gasteiger partial charge in [-0.05, 0) is 48.9 Å². The van der Waals surface area contributed by atoms with Crippen molar-refractivity contribution in [2.75, 3.05) is 46.2 Å². The molecule has 2 aliphatic rings. The molecule has 38 heavy (non-hydrogen) atoms. The van der Waals surface area contributed by atoms with E-state index in [-0.39, 0.29) is 11.7 Å². The van der Waals surface area contributed by atoms with Crippen LogP contribution in [0, 0.1) is 0 Å². The van der Waals surface area contributed by atoms with Crippen molar-refractivity contribution >= 4 is 17.2 Å². The zero-order valence-corrected chi connectivity index (χ0v) is 22.2. The Kier molecular flexibility index (Phi) is 7.05. The first-order valence-corrected chi connectivity index (χ1v) is 12.4. The normalized spacial score (nSPS) is 18.3. The molecular weight excluding hydrogens is 484 g/mol. The van der Waals surface area contributed by atoms with E-state index in [1.807, 2.05) is 54.6 Å². The minimum Gasteiger partial charge on any atom is -0.497 e. The lowest BCUT2D eigenvalue weighted by Crippen LogP contribution is -2.27. The summed E-state index contributed by atoms with van der Waals surface area (Å²) in [4.78, 5) is 14.0. The number of hydrogen-bond donors (Lipinski definition) is 2. The van der Waals surface area contributed by atoms with Gasteiger partial charge in [-0.3, -0.25) is 4.79 Å². The van der Waals surface area contributed by atoms with Crippen LogP contribution < -0.4 is 34.3 Å². The zero-order valence-electron chi connectivity index (χ0n) is 22.2. The number of methoxy groups -OCH3 is 5. The standard InChI is InChI=1S/C30H32N2O6/c1-34-18-10-12-25(35-2)20(16-18)17-14-23-27(24(33)15-17)28(32-22-9-7-6-8-21(22)31-23)19-11-13-26(36-3)30(38-5)29(19)37-4/h6-13,16-17,28,31-32H,14-15H2,1-5H3. The SMILES string of the molecule is COc1ccc(OC)c(C2CC(=O)C3=C(C2)Nc2ccccc2NC3c2ccc(OC)c(OC)c2OC)c1. The first kappa shape index (κ1) is 25.3. The molecule has 0 bridgehead atoms. The van der Waals surface area contributed by atoms with Crippen molar-refractivity contribution < 1.29 is 28.5 Å². The fraction of sp³-hybridized carbons (Fsp3) is 0.300. The summed E-state index contributed by atoms with van der Waals surface area (Å²) in [5, 5.41) is 7.18. The lowest BCUT2D eigenvalue weighted by atomic mass is 9.78. The van der Waals surface area contributed by atoms with Crippen LogP contribution in [0.25, 0.3) is 0 Å². The highest BCUT2D eigenvalue weighted by atomic mass is 16.5. The third-order valence-electron chi connectivity index (χ3n) is 7.23. The zero-order chi connectivity index (χ0) is 26.8. The number of carbonyl (C=O) groups excluding carboxylic acids is 1. The van der Waals surface area contributed by atoms with Crippen molar-refractivity contribution in [3.8, 4) is 28.7 Å². The maximum absolute atomic E-state index is 14.0. The maximum Gasteiger partial charge on any atom is 0.203 e. The number of fused-ring (bicyclic) bond motifs is 1. The average molecular weight is 517 g/mol. The summed E-state index contributed by atoms with van der Waals surface area (Å²) in [6, 6.07) is 16.9. The van der Waals surface area contributed by atoms with Gasteiger partial charge in [-0.15, -0.1) is 0 Å². The molecule has 0 saturated heterocycles. The lowest BCUT2D eigenvalue weighted by molar-refractivity contribution is -0.116. The van der Waals surface area contributed by atoms with E-state index in [4.69, 9.17) is 23.7 Å². The second-order valence-electron chi connectivity index (χ2n) is 9.20. The molecule has 0 fully saturated rings. The van der Waals surface area contributed by atoms with Crippen LogP contribution in [0.15, 0.2) is 65.9 Å². The molecule has 3 aromatic carbocycles. The highest BCUT2D eigenvalue weighted by molar-refractivity contribution is 6.01. The van der Waals surface area contributed by atoms with Crippen LogP contribution in [0.3, 0.4) is 0 Å². The number of nitrogens with one attached hydrogen (secondary N) is 2. The monoisotopic (exact) mass is 516 g/mol. The molecular formula is C30H32N2O6. The third-order valence-corrected chi connectivity index (χ3v) is 7.23. The number of carbonyl (C=O) groups is 1. The van der Waals surface area contributed by atoms with E-state index in [0.29, 0.717) is 35.7 Å². The van der Waals surface area contributed by atoms with E-state index < -0.39 is 6.04 Å². The largest absolute Gasteiger partial charge is 0.497 e. The molecule has 1 heterocycles. The molecule has 2 atom stereocenters. The van der Waals surface area contributed by atoms with E-state index in [1.165, 1.54) is 0 Å². The minimum absolute atomic E-state index is 0.0377. The summed E-state index contributed by atoms with van der Waals surface area (Å²) in [5.41, 5.74) is 5.03. The number of benzene rings is 3. The number of allylic oxidation sites excluding steroid dienone is 1. The molecule has 2 unspecified atom stereocenters. The third kappa shape index (κ3) is 4.36. The molecule has 8 heteroatoms. The molecule has 0 aromatic heterocycles. The van der Waals surface area contributed by atoms with Gasteiger partial charge in [-0.25, -0.2) is 0 Å². The van der Waals surface area contributed by atoms with E-state index in [0.717, 1.165) is 39.7 Å². The van der Waals surface area contributed by atoms with Gasteiger partial charge in [-0.2, -0.15) is 0 Å². The second kappa shape index (κ2) is 10.6. The molecule has 198 valence electrons. The van der Waals surface area contributed by atoms with Crippen LogP contribution in [0.2, 0.25) is 0 Å². The Bertz CT molecular complexity index is 1400. The Labute approximate surface area is 222 Å². The van der Waals surface area contributed by atoms with Gasteiger partial charge in [0.1, 0.15) is 11.5 Å². The predicted octanol–water partition coefficient (Wildman–Crippen LogP) is 5.71. The Morgan fingerprint density at radius 2 is 1.42 bits per heavy atom. The van der Waals surface area contributed by atoms with Gasteiger partial charge in [0.15, 0.2) is 17.3 Å². The number of ether oxygens (including phenoxy) is 5. The van der Waals surface area contributed by atoms with Gasteiger partial charge in [0, 0.05) is 34.7 Å². The van der Waals surface area contributed by atoms with Crippen molar-refractivity contribution in [2.24, 2.45) is 0 Å². The summed E-state index contributed by atoms with van der Waals surface area (Å²) in [6.45, 7) is 0. The predicted molar refractivity (Wildman–Crippen MR) is 146 cm³/mol. The first-order chi connectivity index (χ1) is 18.5. The number of hydrogen-bond acceptors (Lipinski definition) is 8. The van der Waals surface area contributed by atoms with Gasteiger partial charge in [0.2, 0.25) is 5.75 Å². The molecule has 0 amide bonds. The second-order valence-corrected chi connectivity index (χ2v) is 9.20. The Morgan fingerprint density at radius 1 is 0.711 bits per heavy atom. The van der Waals surface area contributed by atoms with Gasteiger partial charge < -0.3 is 34.3 Å². The highest BCUT2D eigenvalue weighted by Crippen LogP contribution is 2.50. The number of Topliss-reactive ketones (excluding diaryl/α,β-unsaturated/α-hetero) is 1. The number of anilines is 2. The van der Waals surface area contributed by atoms with Crippen molar-refractivity contribution in [1.29, 1.82) is 0 Å². The van der Waals surface area contributed by atoms with Gasteiger partial charge in [-0.1, -0.05) is 12.1 Å². The fourth-order valence-corrected chi connectivity index (χ4v) is 5.46. The van der Waals surface area contributed by atoms with Crippen LogP contribution >= 0.6 is 0 Å². The van der Waals surface area contributed by atoms with Crippen LogP contribution in [-0.2, 0) is 4.79 Å². The first-order valence-electron chi connectivity index (χ1n) is 12.4. The summed E-state index contributed by atoms with van der Waals surface area (Å²) in [5.74, 6) is 2.95. The topological polar surface area (TPSA) is 87.3 Å². The Hall–Kier alpha value is -4.33. The van der Waals surface area contributed by atoms with Crippen molar-refractivity contribution in [1.82, 2.24) is 0 Å². The number of para-hydroxylation sites is 2. The van der Waals surface area contributed by atoms with E-state index in [1.54, 1.807) is 35.5 Å². The summed E-state index contributed by atoms with van der Waals surface area (Å²) < 4.78 is 28.1. The summed E-state index contributed by atoms with van der Waals surface area (Å²) in [6.07, 6.45) is 0.945. The molecule has 0 radical (unpaired) electrons. The van der Waals surface area contributed by atoms with Crippen LogP contribution in [0.1, 0.15) is 35.9 Å². The molecule has 0 saturated carbocycles. The van der Waals surface area contributed by atoms with Gasteiger partial charge in [0.25, 0.3) is 0 Å². The smallest absolute Gasteiger partial charge is 0.203 e. The number of rotatable bonds is 7. The Balaban J connectivity index is 1.67. The van der Waals surface area contributed by atoms with Crippen molar-refractivity contribution in [3.05, 3.63) is 77.0 Å². The van der Waals surface area contributed by atoms with Gasteiger partial charge >= 0.3 is 0 Å². The molecule has 2 N–H and O–H groups in total. The number of ketones is 1. The van der Waals surface area contributed by atoms with Crippen molar-refractivity contribution in [3.63, 3.8) is 0 Å². The van der Waals surface area contributed by atoms with Crippen LogP contribution in [0.4, 0.5) is 11.4 Å². The fourth-order valence-electron chi connectivity index (χ4n) is 5.46. The molecule has 3 aromatic rings. The molecule has 0 spiro atoms. The van der Waals surface area contributed by atoms with E-state index in [2.05, 4.69) is 10.6 Å². The summed E-state index contributed by atoms with van der Waals surface area (Å²) >= 11 is 0. The molecule has 5 rings (SSSR count). The summed E-state index contributed by atoms with van der Waals surface area (Å²) in [7, 11) is 8.02. The lowest BCUT2D eigenvalue weighted by Gasteiger charge is -2.31. The molecule has 1 aliphatic carbocycles. The van der Waals surface area contributed by atoms with E-state index >= 15 is 0 Å². The highest BCUT2D eigenvalue weighted by Gasteiger charge is 2.38.